The normalized spacial score (nSPS) is 13.3. The summed E-state index contributed by atoms with van der Waals surface area (Å²) in [5, 5.41) is 3.68. The molecule has 1 aromatic heterocycles. The minimum atomic E-state index is 0.574. The first-order valence-corrected chi connectivity index (χ1v) is 7.21. The molecular weight excluding hydrogens is 242 g/mol. The highest BCUT2D eigenvalue weighted by atomic mass is 32.1. The summed E-state index contributed by atoms with van der Waals surface area (Å²) in [6, 6.07) is 8.63. The number of hydrogen-bond acceptors (Lipinski definition) is 3. The lowest BCUT2D eigenvalue weighted by Gasteiger charge is -2.20. The van der Waals surface area contributed by atoms with Crippen molar-refractivity contribution < 1.29 is 4.74 Å². The number of rotatable bonds is 6. The van der Waals surface area contributed by atoms with Gasteiger partial charge in [-0.05, 0) is 35.4 Å². The van der Waals surface area contributed by atoms with Crippen molar-refractivity contribution in [1.82, 2.24) is 4.90 Å². The lowest BCUT2D eigenvalue weighted by Crippen LogP contribution is -2.26. The van der Waals surface area contributed by atoms with E-state index in [9.17, 15) is 0 Å². The third-order valence-electron chi connectivity index (χ3n) is 3.08. The average molecular weight is 263 g/mol. The molecule has 1 heterocycles. The second-order valence-electron chi connectivity index (χ2n) is 5.01. The van der Waals surface area contributed by atoms with E-state index in [2.05, 4.69) is 48.5 Å². The fraction of sp³-hybridized carbons (Fsp3) is 0.467. The Balaban J connectivity index is 2.00. The maximum absolute atomic E-state index is 5.19. The molecule has 3 heteroatoms. The monoisotopic (exact) mass is 263 g/mol. The Kier molecular flexibility index (Phi) is 4.75. The molecule has 1 unspecified atom stereocenters. The number of methoxy groups -OCH3 is 1. The van der Waals surface area contributed by atoms with Crippen LogP contribution in [0.25, 0.3) is 10.1 Å². The van der Waals surface area contributed by atoms with E-state index in [0.29, 0.717) is 5.92 Å². The summed E-state index contributed by atoms with van der Waals surface area (Å²) in [5.74, 6) is 0.574. The predicted octanol–water partition coefficient (Wildman–Crippen LogP) is 3.62. The predicted molar refractivity (Wildman–Crippen MR) is 79.2 cm³/mol. The van der Waals surface area contributed by atoms with E-state index in [1.165, 1.54) is 15.6 Å². The second kappa shape index (κ2) is 6.32. The maximum atomic E-state index is 5.19. The van der Waals surface area contributed by atoms with Gasteiger partial charge in [0.25, 0.3) is 0 Å². The van der Waals surface area contributed by atoms with Crippen LogP contribution in [0.1, 0.15) is 12.5 Å². The number of fused-ring (bicyclic) bond motifs is 1. The molecule has 0 aliphatic carbocycles. The van der Waals surface area contributed by atoms with E-state index >= 15 is 0 Å². The topological polar surface area (TPSA) is 12.5 Å². The summed E-state index contributed by atoms with van der Waals surface area (Å²) < 4.78 is 6.57. The first kappa shape index (κ1) is 13.5. The molecule has 18 heavy (non-hydrogen) atoms. The number of nitrogens with zero attached hydrogens (tertiary/aromatic N) is 1. The van der Waals surface area contributed by atoms with Crippen molar-refractivity contribution >= 4 is 21.4 Å². The lowest BCUT2D eigenvalue weighted by atomic mass is 10.1. The van der Waals surface area contributed by atoms with Crippen molar-refractivity contribution in [2.75, 3.05) is 27.3 Å². The van der Waals surface area contributed by atoms with Gasteiger partial charge in [-0.1, -0.05) is 25.1 Å². The molecule has 0 fully saturated rings. The summed E-state index contributed by atoms with van der Waals surface area (Å²) in [7, 11) is 3.95. The molecule has 0 N–H and O–H groups in total. The van der Waals surface area contributed by atoms with Gasteiger partial charge in [-0.3, -0.25) is 0 Å². The number of benzene rings is 1. The first-order valence-electron chi connectivity index (χ1n) is 6.33. The van der Waals surface area contributed by atoms with E-state index in [1.54, 1.807) is 7.11 Å². The smallest absolute Gasteiger partial charge is 0.0500 e. The average Bonchev–Trinajstić information content (AvgIpc) is 2.73. The quantitative estimate of drug-likeness (QED) is 0.789. The molecule has 2 aromatic rings. The molecule has 2 rings (SSSR count). The van der Waals surface area contributed by atoms with E-state index in [0.717, 1.165) is 19.7 Å². The van der Waals surface area contributed by atoms with Gasteiger partial charge in [-0.25, -0.2) is 0 Å². The van der Waals surface area contributed by atoms with Crippen LogP contribution in [0.15, 0.2) is 29.6 Å². The number of thiophene rings is 1. The summed E-state index contributed by atoms with van der Waals surface area (Å²) in [5.41, 5.74) is 1.43. The van der Waals surface area contributed by atoms with Gasteiger partial charge in [0.1, 0.15) is 0 Å². The highest BCUT2D eigenvalue weighted by molar-refractivity contribution is 7.17. The van der Waals surface area contributed by atoms with Crippen molar-refractivity contribution in [2.24, 2.45) is 5.92 Å². The standard InChI is InChI=1S/C15H21NOS/c1-12(10-17-3)8-16(2)9-13-11-18-15-7-5-4-6-14(13)15/h4-7,11-12H,8-10H2,1-3H3. The van der Waals surface area contributed by atoms with Crippen LogP contribution < -0.4 is 0 Å². The molecule has 0 saturated carbocycles. The van der Waals surface area contributed by atoms with E-state index in [1.807, 2.05) is 11.3 Å². The van der Waals surface area contributed by atoms with Crippen LogP contribution in [-0.4, -0.2) is 32.2 Å². The van der Waals surface area contributed by atoms with Crippen molar-refractivity contribution in [3.63, 3.8) is 0 Å². The Morgan fingerprint density at radius 2 is 2.11 bits per heavy atom. The molecule has 1 aromatic carbocycles. The zero-order chi connectivity index (χ0) is 13.0. The molecule has 0 spiro atoms. The Bertz CT molecular complexity index is 494. The fourth-order valence-electron chi connectivity index (χ4n) is 2.38. The number of ether oxygens (including phenoxy) is 1. The third kappa shape index (κ3) is 3.31. The van der Waals surface area contributed by atoms with Gasteiger partial charge in [0.2, 0.25) is 0 Å². The molecule has 0 aliphatic rings. The summed E-state index contributed by atoms with van der Waals surface area (Å²) in [6.45, 7) is 5.14. The van der Waals surface area contributed by atoms with Crippen LogP contribution in [0.2, 0.25) is 0 Å². The van der Waals surface area contributed by atoms with Gasteiger partial charge >= 0.3 is 0 Å². The zero-order valence-corrected chi connectivity index (χ0v) is 12.2. The Hall–Kier alpha value is -0.900. The van der Waals surface area contributed by atoms with Gasteiger partial charge in [-0.2, -0.15) is 0 Å². The summed E-state index contributed by atoms with van der Waals surface area (Å²) in [6.07, 6.45) is 0. The molecule has 0 amide bonds. The van der Waals surface area contributed by atoms with Crippen LogP contribution in [0.3, 0.4) is 0 Å². The zero-order valence-electron chi connectivity index (χ0n) is 11.3. The summed E-state index contributed by atoms with van der Waals surface area (Å²) in [4.78, 5) is 2.37. The van der Waals surface area contributed by atoms with Crippen LogP contribution >= 0.6 is 11.3 Å². The van der Waals surface area contributed by atoms with E-state index in [-0.39, 0.29) is 0 Å². The molecule has 0 bridgehead atoms. The van der Waals surface area contributed by atoms with E-state index in [4.69, 9.17) is 4.74 Å². The molecular formula is C15H21NOS. The first-order chi connectivity index (χ1) is 8.70. The Morgan fingerprint density at radius 1 is 1.33 bits per heavy atom. The van der Waals surface area contributed by atoms with Gasteiger partial charge in [0.15, 0.2) is 0 Å². The Morgan fingerprint density at radius 3 is 2.89 bits per heavy atom. The highest BCUT2D eigenvalue weighted by Gasteiger charge is 2.09. The van der Waals surface area contributed by atoms with Crippen molar-refractivity contribution in [1.29, 1.82) is 0 Å². The molecule has 0 saturated heterocycles. The lowest BCUT2D eigenvalue weighted by molar-refractivity contribution is 0.136. The SMILES string of the molecule is COCC(C)CN(C)Cc1csc2ccccc12. The molecule has 1 atom stereocenters. The van der Waals surface area contributed by atoms with Crippen LogP contribution in [-0.2, 0) is 11.3 Å². The molecule has 0 radical (unpaired) electrons. The van der Waals surface area contributed by atoms with Gasteiger partial charge in [-0.15, -0.1) is 11.3 Å². The minimum Gasteiger partial charge on any atom is -0.384 e. The van der Waals surface area contributed by atoms with Crippen LogP contribution in [0.5, 0.6) is 0 Å². The molecule has 98 valence electrons. The Labute approximate surface area is 113 Å². The molecule has 0 aliphatic heterocycles. The molecule has 2 nitrogen and oxygen atoms in total. The van der Waals surface area contributed by atoms with Crippen LogP contribution in [0, 0.1) is 5.92 Å². The fourth-order valence-corrected chi connectivity index (χ4v) is 3.33. The van der Waals surface area contributed by atoms with Crippen molar-refractivity contribution in [3.05, 3.63) is 35.2 Å². The third-order valence-corrected chi connectivity index (χ3v) is 4.09. The van der Waals surface area contributed by atoms with Crippen LogP contribution in [0.4, 0.5) is 0 Å². The van der Waals surface area contributed by atoms with E-state index < -0.39 is 0 Å². The maximum Gasteiger partial charge on any atom is 0.0500 e. The van der Waals surface area contributed by atoms with Crippen molar-refractivity contribution in [2.45, 2.75) is 13.5 Å². The van der Waals surface area contributed by atoms with Gasteiger partial charge in [0.05, 0.1) is 0 Å². The van der Waals surface area contributed by atoms with Gasteiger partial charge < -0.3 is 9.64 Å². The van der Waals surface area contributed by atoms with Crippen molar-refractivity contribution in [3.8, 4) is 0 Å². The minimum absolute atomic E-state index is 0.574. The number of hydrogen-bond donors (Lipinski definition) is 0. The second-order valence-corrected chi connectivity index (χ2v) is 5.93. The largest absolute Gasteiger partial charge is 0.384 e. The summed E-state index contributed by atoms with van der Waals surface area (Å²) >= 11 is 1.83. The van der Waals surface area contributed by atoms with Gasteiger partial charge in [0, 0.05) is 31.5 Å². The highest BCUT2D eigenvalue weighted by Crippen LogP contribution is 2.26.